The van der Waals surface area contributed by atoms with Crippen LogP contribution in [0.2, 0.25) is 0 Å². The lowest BCUT2D eigenvalue weighted by atomic mass is 10.1. The molecule has 0 rings (SSSR count). The summed E-state index contributed by atoms with van der Waals surface area (Å²) in [6.07, 6.45) is -0.541. The molecule has 0 fully saturated rings. The number of carbonyl (C=O) groups is 3. The number of carbonyl (C=O) groups excluding carboxylic acids is 1. The van der Waals surface area contributed by atoms with Crippen molar-refractivity contribution in [2.75, 3.05) is 13.2 Å². The van der Waals surface area contributed by atoms with E-state index in [1.54, 1.807) is 13.8 Å². The number of amides is 2. The van der Waals surface area contributed by atoms with Crippen LogP contribution >= 0.6 is 0 Å². The Morgan fingerprint density at radius 1 is 1.21 bits per heavy atom. The molecule has 0 radical (unpaired) electrons. The molecule has 0 bridgehead atoms. The molecule has 8 nitrogen and oxygen atoms in total. The van der Waals surface area contributed by atoms with Gasteiger partial charge in [-0.2, -0.15) is 0 Å². The minimum Gasteiger partial charge on any atom is -0.481 e. The van der Waals surface area contributed by atoms with Crippen molar-refractivity contribution >= 4 is 18.0 Å². The average Bonchev–Trinajstić information content (AvgIpc) is 2.29. The molecule has 0 aliphatic carbocycles. The fourth-order valence-electron chi connectivity index (χ4n) is 1.46. The number of rotatable bonds is 8. The lowest BCUT2D eigenvalue weighted by Crippen LogP contribution is -2.51. The van der Waals surface area contributed by atoms with E-state index in [2.05, 4.69) is 5.32 Å². The molecule has 8 heteroatoms. The third kappa shape index (κ3) is 6.61. The van der Waals surface area contributed by atoms with Gasteiger partial charge < -0.3 is 25.5 Å². The zero-order chi connectivity index (χ0) is 15.0. The maximum Gasteiger partial charge on any atom is 0.326 e. The number of hydrogen-bond donors (Lipinski definition) is 4. The third-order valence-corrected chi connectivity index (χ3v) is 2.47. The summed E-state index contributed by atoms with van der Waals surface area (Å²) >= 11 is 0. The Morgan fingerprint density at radius 2 is 1.79 bits per heavy atom. The van der Waals surface area contributed by atoms with Crippen molar-refractivity contribution in [2.45, 2.75) is 38.8 Å². The van der Waals surface area contributed by atoms with E-state index < -0.39 is 24.0 Å². The van der Waals surface area contributed by atoms with Crippen LogP contribution in [0.1, 0.15) is 26.7 Å². The molecule has 0 aliphatic heterocycles. The Labute approximate surface area is 111 Å². The van der Waals surface area contributed by atoms with E-state index in [-0.39, 0.29) is 32.0 Å². The van der Waals surface area contributed by atoms with Crippen molar-refractivity contribution in [3.63, 3.8) is 0 Å². The Kier molecular flexibility index (Phi) is 7.50. The van der Waals surface area contributed by atoms with Gasteiger partial charge in [0.25, 0.3) is 0 Å². The zero-order valence-electron chi connectivity index (χ0n) is 11.0. The molecule has 0 saturated heterocycles. The van der Waals surface area contributed by atoms with Crippen LogP contribution in [0.3, 0.4) is 0 Å². The van der Waals surface area contributed by atoms with Gasteiger partial charge in [0.2, 0.25) is 0 Å². The van der Waals surface area contributed by atoms with Crippen LogP contribution in [0, 0.1) is 0 Å². The van der Waals surface area contributed by atoms with Crippen LogP contribution in [0.25, 0.3) is 0 Å². The van der Waals surface area contributed by atoms with E-state index in [1.807, 2.05) is 0 Å². The van der Waals surface area contributed by atoms with E-state index in [9.17, 15) is 14.4 Å². The van der Waals surface area contributed by atoms with Crippen molar-refractivity contribution in [3.8, 4) is 0 Å². The van der Waals surface area contributed by atoms with Crippen molar-refractivity contribution < 1.29 is 29.7 Å². The standard InChI is InChI=1S/C11H20N2O6/c1-7(2)13(5-6-14)11(19)12-8(10(17)18)3-4-9(15)16/h7-8,14H,3-6H2,1-2H3,(H,12,19)(H,15,16)(H,17,18)/t8-/m0/s1. The summed E-state index contributed by atoms with van der Waals surface area (Å²) in [5.74, 6) is -2.42. The highest BCUT2D eigenvalue weighted by Crippen LogP contribution is 2.03. The second kappa shape index (κ2) is 8.30. The number of carboxylic acid groups (broad SMARTS) is 2. The summed E-state index contributed by atoms with van der Waals surface area (Å²) in [5, 5.41) is 28.5. The Hall–Kier alpha value is -1.83. The topological polar surface area (TPSA) is 127 Å². The number of carboxylic acids is 2. The molecule has 0 aliphatic rings. The molecule has 0 spiro atoms. The van der Waals surface area contributed by atoms with Gasteiger partial charge in [0.15, 0.2) is 0 Å². The second-order valence-corrected chi connectivity index (χ2v) is 4.28. The molecule has 0 unspecified atom stereocenters. The lowest BCUT2D eigenvalue weighted by Gasteiger charge is -2.27. The molecule has 19 heavy (non-hydrogen) atoms. The molecule has 0 aromatic heterocycles. The molecule has 0 aromatic rings. The van der Waals surface area contributed by atoms with E-state index >= 15 is 0 Å². The number of urea groups is 1. The number of aliphatic hydroxyl groups is 1. The van der Waals surface area contributed by atoms with Gasteiger partial charge in [-0.1, -0.05) is 0 Å². The number of nitrogens with one attached hydrogen (secondary N) is 1. The zero-order valence-corrected chi connectivity index (χ0v) is 11.0. The first-order valence-electron chi connectivity index (χ1n) is 5.92. The van der Waals surface area contributed by atoms with E-state index in [0.29, 0.717) is 0 Å². The fraction of sp³-hybridized carbons (Fsp3) is 0.727. The van der Waals surface area contributed by atoms with Crippen LogP contribution in [0.4, 0.5) is 4.79 Å². The van der Waals surface area contributed by atoms with Gasteiger partial charge in [-0.3, -0.25) is 4.79 Å². The molecule has 0 saturated carbocycles. The fourth-order valence-corrected chi connectivity index (χ4v) is 1.46. The van der Waals surface area contributed by atoms with Crippen LogP contribution in [0.5, 0.6) is 0 Å². The number of aliphatic hydroxyl groups excluding tert-OH is 1. The summed E-state index contributed by atoms with van der Waals surface area (Å²) < 4.78 is 0. The minimum absolute atomic E-state index is 0.0781. The summed E-state index contributed by atoms with van der Waals surface area (Å²) in [7, 11) is 0. The predicted molar refractivity (Wildman–Crippen MR) is 65.8 cm³/mol. The highest BCUT2D eigenvalue weighted by Gasteiger charge is 2.24. The predicted octanol–water partition coefficient (Wildman–Crippen LogP) is -0.283. The van der Waals surface area contributed by atoms with Gasteiger partial charge in [0.1, 0.15) is 6.04 Å². The number of aliphatic carboxylic acids is 2. The quantitative estimate of drug-likeness (QED) is 0.482. The van der Waals surface area contributed by atoms with Crippen LogP contribution in [-0.2, 0) is 9.59 Å². The number of hydrogen-bond acceptors (Lipinski definition) is 4. The molecule has 1 atom stereocenters. The van der Waals surface area contributed by atoms with Crippen molar-refractivity contribution in [2.24, 2.45) is 0 Å². The van der Waals surface area contributed by atoms with Crippen LogP contribution < -0.4 is 5.32 Å². The average molecular weight is 276 g/mol. The lowest BCUT2D eigenvalue weighted by molar-refractivity contribution is -0.140. The van der Waals surface area contributed by atoms with Gasteiger partial charge in [-0.25, -0.2) is 9.59 Å². The normalized spacial score (nSPS) is 12.0. The van der Waals surface area contributed by atoms with E-state index in [4.69, 9.17) is 15.3 Å². The van der Waals surface area contributed by atoms with Gasteiger partial charge in [-0.05, 0) is 20.3 Å². The Balaban J connectivity index is 4.59. The van der Waals surface area contributed by atoms with Gasteiger partial charge in [0, 0.05) is 19.0 Å². The van der Waals surface area contributed by atoms with Gasteiger partial charge >= 0.3 is 18.0 Å². The molecule has 0 heterocycles. The van der Waals surface area contributed by atoms with E-state index in [1.165, 1.54) is 4.90 Å². The summed E-state index contributed by atoms with van der Waals surface area (Å²) in [4.78, 5) is 34.4. The molecule has 2 amide bonds. The summed E-state index contributed by atoms with van der Waals surface area (Å²) in [6.45, 7) is 3.29. The smallest absolute Gasteiger partial charge is 0.326 e. The first-order chi connectivity index (χ1) is 8.79. The van der Waals surface area contributed by atoms with Gasteiger partial charge in [-0.15, -0.1) is 0 Å². The van der Waals surface area contributed by atoms with Crippen LogP contribution in [0.15, 0.2) is 0 Å². The first kappa shape index (κ1) is 17.2. The molecule has 110 valence electrons. The monoisotopic (exact) mass is 276 g/mol. The minimum atomic E-state index is -1.29. The molecule has 0 aromatic carbocycles. The highest BCUT2D eigenvalue weighted by molar-refractivity contribution is 5.83. The maximum absolute atomic E-state index is 11.8. The Morgan fingerprint density at radius 3 is 2.16 bits per heavy atom. The Bertz CT molecular complexity index is 331. The SMILES string of the molecule is CC(C)N(CCO)C(=O)N[C@@H](CCC(=O)O)C(=O)O. The third-order valence-electron chi connectivity index (χ3n) is 2.47. The largest absolute Gasteiger partial charge is 0.481 e. The van der Waals surface area contributed by atoms with Crippen LogP contribution in [-0.4, -0.2) is 63.4 Å². The molecular formula is C11H20N2O6. The molecule has 4 N–H and O–H groups in total. The van der Waals surface area contributed by atoms with Crippen molar-refractivity contribution in [1.82, 2.24) is 10.2 Å². The van der Waals surface area contributed by atoms with E-state index in [0.717, 1.165) is 0 Å². The van der Waals surface area contributed by atoms with Crippen molar-refractivity contribution in [3.05, 3.63) is 0 Å². The maximum atomic E-state index is 11.8. The first-order valence-corrected chi connectivity index (χ1v) is 5.92. The highest BCUT2D eigenvalue weighted by atomic mass is 16.4. The van der Waals surface area contributed by atoms with Crippen molar-refractivity contribution in [1.29, 1.82) is 0 Å². The van der Waals surface area contributed by atoms with Gasteiger partial charge in [0.05, 0.1) is 6.61 Å². The molecular weight excluding hydrogens is 256 g/mol. The number of nitrogens with zero attached hydrogens (tertiary/aromatic N) is 1. The summed E-state index contributed by atoms with van der Waals surface area (Å²) in [5.41, 5.74) is 0. The summed E-state index contributed by atoms with van der Waals surface area (Å²) in [6, 6.07) is -2.11. The second-order valence-electron chi connectivity index (χ2n) is 4.28.